The molecule has 0 amide bonds. The van der Waals surface area contributed by atoms with Gasteiger partial charge in [-0.05, 0) is 46.5 Å². The van der Waals surface area contributed by atoms with E-state index in [1.807, 2.05) is 0 Å². The van der Waals surface area contributed by atoms with Crippen molar-refractivity contribution in [3.05, 3.63) is 39.9 Å². The van der Waals surface area contributed by atoms with Crippen LogP contribution >= 0.6 is 27.7 Å². The van der Waals surface area contributed by atoms with Crippen molar-refractivity contribution in [2.45, 2.75) is 36.3 Å². The van der Waals surface area contributed by atoms with E-state index in [4.69, 9.17) is 5.73 Å². The Morgan fingerprint density at radius 3 is 2.85 bits per heavy atom. The van der Waals surface area contributed by atoms with Crippen LogP contribution in [-0.4, -0.2) is 14.8 Å². The Morgan fingerprint density at radius 2 is 2.20 bits per heavy atom. The lowest BCUT2D eigenvalue weighted by Crippen LogP contribution is -2.08. The number of thioether (sulfide) groups is 1. The van der Waals surface area contributed by atoms with Gasteiger partial charge in [-0.1, -0.05) is 17.8 Å². The zero-order chi connectivity index (χ0) is 14.1. The lowest BCUT2D eigenvalue weighted by atomic mass is 10.2. The number of nitrogens with two attached hydrogens (primary N) is 1. The van der Waals surface area contributed by atoms with Crippen LogP contribution < -0.4 is 5.73 Å². The van der Waals surface area contributed by atoms with Crippen molar-refractivity contribution >= 4 is 27.7 Å². The third-order valence-corrected chi connectivity index (χ3v) is 4.80. The fourth-order valence-electron chi connectivity index (χ4n) is 2.02. The molecule has 0 spiro atoms. The molecule has 1 aliphatic carbocycles. The van der Waals surface area contributed by atoms with Crippen LogP contribution in [0.3, 0.4) is 0 Å². The van der Waals surface area contributed by atoms with Crippen LogP contribution in [0, 0.1) is 5.82 Å². The molecule has 2 aromatic rings. The van der Waals surface area contributed by atoms with Crippen molar-refractivity contribution in [3.63, 3.8) is 0 Å². The zero-order valence-corrected chi connectivity index (χ0v) is 13.1. The number of halogens is 2. The summed E-state index contributed by atoms with van der Waals surface area (Å²) < 4.78 is 15.8. The predicted molar refractivity (Wildman–Crippen MR) is 79.8 cm³/mol. The highest BCUT2D eigenvalue weighted by atomic mass is 79.9. The second-order valence-corrected chi connectivity index (χ2v) is 6.54. The van der Waals surface area contributed by atoms with Gasteiger partial charge in [-0.3, -0.25) is 0 Å². The number of aromatic nitrogens is 3. The van der Waals surface area contributed by atoms with Gasteiger partial charge in [-0.15, -0.1) is 10.2 Å². The van der Waals surface area contributed by atoms with Crippen molar-refractivity contribution in [1.29, 1.82) is 0 Å². The van der Waals surface area contributed by atoms with E-state index in [1.54, 1.807) is 23.9 Å². The van der Waals surface area contributed by atoms with E-state index in [9.17, 15) is 4.39 Å². The van der Waals surface area contributed by atoms with Gasteiger partial charge in [0.05, 0.1) is 11.0 Å². The summed E-state index contributed by atoms with van der Waals surface area (Å²) in [6.07, 6.45) is 2.33. The van der Waals surface area contributed by atoms with Gasteiger partial charge in [0, 0.05) is 11.8 Å². The molecule has 3 rings (SSSR count). The SMILES string of the molecule is NCc1nnc(SCc2ccc(F)c(Br)c2)n1C1CC1. The van der Waals surface area contributed by atoms with E-state index >= 15 is 0 Å². The lowest BCUT2D eigenvalue weighted by molar-refractivity contribution is 0.620. The molecule has 20 heavy (non-hydrogen) atoms. The first-order valence-electron chi connectivity index (χ1n) is 6.39. The molecule has 1 aromatic heterocycles. The molecule has 1 aromatic carbocycles. The van der Waals surface area contributed by atoms with Gasteiger partial charge in [0.1, 0.15) is 11.6 Å². The molecule has 1 heterocycles. The topological polar surface area (TPSA) is 56.7 Å². The smallest absolute Gasteiger partial charge is 0.191 e. The largest absolute Gasteiger partial charge is 0.324 e. The molecule has 0 radical (unpaired) electrons. The van der Waals surface area contributed by atoms with Crippen molar-refractivity contribution in [3.8, 4) is 0 Å². The van der Waals surface area contributed by atoms with Gasteiger partial charge in [0.2, 0.25) is 0 Å². The maximum Gasteiger partial charge on any atom is 0.191 e. The number of hydrogen-bond acceptors (Lipinski definition) is 4. The second kappa shape index (κ2) is 5.83. The molecule has 0 unspecified atom stereocenters. The Bertz CT molecular complexity index is 627. The number of hydrogen-bond donors (Lipinski definition) is 1. The Hall–Kier alpha value is -0.920. The third-order valence-electron chi connectivity index (χ3n) is 3.18. The molecule has 106 valence electrons. The molecule has 2 N–H and O–H groups in total. The van der Waals surface area contributed by atoms with Gasteiger partial charge in [0.15, 0.2) is 5.16 Å². The highest BCUT2D eigenvalue weighted by molar-refractivity contribution is 9.10. The predicted octanol–water partition coefficient (Wildman–Crippen LogP) is 3.27. The van der Waals surface area contributed by atoms with Crippen LogP contribution in [0.25, 0.3) is 0 Å². The fourth-order valence-corrected chi connectivity index (χ4v) is 3.42. The van der Waals surface area contributed by atoms with E-state index in [2.05, 4.69) is 30.7 Å². The number of benzene rings is 1. The Balaban J connectivity index is 1.75. The van der Waals surface area contributed by atoms with Gasteiger partial charge >= 0.3 is 0 Å². The molecule has 0 saturated heterocycles. The Kier molecular flexibility index (Phi) is 4.09. The summed E-state index contributed by atoms with van der Waals surface area (Å²) in [4.78, 5) is 0. The Labute approximate surface area is 129 Å². The zero-order valence-electron chi connectivity index (χ0n) is 10.7. The minimum atomic E-state index is -0.245. The Morgan fingerprint density at radius 1 is 1.40 bits per heavy atom. The first-order chi connectivity index (χ1) is 9.69. The molecule has 1 aliphatic rings. The first kappa shape index (κ1) is 14.0. The second-order valence-electron chi connectivity index (χ2n) is 4.74. The molecule has 4 nitrogen and oxygen atoms in total. The van der Waals surface area contributed by atoms with Crippen LogP contribution in [0.1, 0.15) is 30.3 Å². The maximum absolute atomic E-state index is 13.2. The minimum absolute atomic E-state index is 0.245. The molecule has 7 heteroatoms. The maximum atomic E-state index is 13.2. The molecule has 1 fully saturated rings. The number of rotatable bonds is 5. The van der Waals surface area contributed by atoms with Gasteiger partial charge in [-0.2, -0.15) is 0 Å². The van der Waals surface area contributed by atoms with Crippen molar-refractivity contribution in [2.24, 2.45) is 5.73 Å². The van der Waals surface area contributed by atoms with Crippen molar-refractivity contribution < 1.29 is 4.39 Å². The molecule has 1 saturated carbocycles. The summed E-state index contributed by atoms with van der Waals surface area (Å²) in [5, 5.41) is 9.25. The van der Waals surface area contributed by atoms with Crippen LogP contribution in [0.2, 0.25) is 0 Å². The third kappa shape index (κ3) is 2.89. The molecular weight excluding hydrogens is 343 g/mol. The van der Waals surface area contributed by atoms with E-state index in [-0.39, 0.29) is 5.82 Å². The normalized spacial score (nSPS) is 14.8. The van der Waals surface area contributed by atoms with Crippen LogP contribution in [0.4, 0.5) is 4.39 Å². The van der Waals surface area contributed by atoms with Gasteiger partial charge < -0.3 is 10.3 Å². The van der Waals surface area contributed by atoms with Crippen LogP contribution in [0.15, 0.2) is 27.8 Å². The highest BCUT2D eigenvalue weighted by Crippen LogP contribution is 2.39. The monoisotopic (exact) mass is 356 g/mol. The van der Waals surface area contributed by atoms with Crippen LogP contribution in [-0.2, 0) is 12.3 Å². The number of nitrogens with zero attached hydrogens (tertiary/aromatic N) is 3. The summed E-state index contributed by atoms with van der Waals surface area (Å²) in [6.45, 7) is 0.409. The minimum Gasteiger partial charge on any atom is -0.324 e. The quantitative estimate of drug-likeness (QED) is 0.835. The molecular formula is C13H14BrFN4S. The van der Waals surface area contributed by atoms with Gasteiger partial charge in [-0.25, -0.2) is 4.39 Å². The first-order valence-corrected chi connectivity index (χ1v) is 8.17. The van der Waals surface area contributed by atoms with Gasteiger partial charge in [0.25, 0.3) is 0 Å². The molecule has 0 aliphatic heterocycles. The summed E-state index contributed by atoms with van der Waals surface area (Å²) >= 11 is 4.81. The summed E-state index contributed by atoms with van der Waals surface area (Å²) in [5.74, 6) is 1.33. The van der Waals surface area contributed by atoms with E-state index in [0.717, 1.165) is 22.3 Å². The lowest BCUT2D eigenvalue weighted by Gasteiger charge is -2.07. The average molecular weight is 357 g/mol. The van der Waals surface area contributed by atoms with E-state index in [1.165, 1.54) is 18.9 Å². The van der Waals surface area contributed by atoms with E-state index < -0.39 is 0 Å². The van der Waals surface area contributed by atoms with Crippen molar-refractivity contribution in [2.75, 3.05) is 0 Å². The highest BCUT2D eigenvalue weighted by Gasteiger charge is 2.29. The fraction of sp³-hybridized carbons (Fsp3) is 0.385. The summed E-state index contributed by atoms with van der Waals surface area (Å²) in [6, 6.07) is 5.56. The van der Waals surface area contributed by atoms with Crippen LogP contribution in [0.5, 0.6) is 0 Å². The van der Waals surface area contributed by atoms with E-state index in [0.29, 0.717) is 17.1 Å². The van der Waals surface area contributed by atoms with Crippen molar-refractivity contribution in [1.82, 2.24) is 14.8 Å². The average Bonchev–Trinajstić information content (AvgIpc) is 3.20. The summed E-state index contributed by atoms with van der Waals surface area (Å²) in [7, 11) is 0. The molecule has 0 atom stereocenters. The summed E-state index contributed by atoms with van der Waals surface area (Å²) in [5.41, 5.74) is 6.74. The molecule has 0 bridgehead atoms. The standard InChI is InChI=1S/C13H14BrFN4S/c14-10-5-8(1-4-11(10)15)7-20-13-18-17-12(6-16)19(13)9-2-3-9/h1,4-5,9H,2-3,6-7,16H2.